The number of nitrogens with one attached hydrogen (secondary N) is 1. The van der Waals surface area contributed by atoms with E-state index in [2.05, 4.69) is 30.3 Å². The van der Waals surface area contributed by atoms with Gasteiger partial charge in [0.05, 0.1) is 6.26 Å². The number of hydrogen-bond acceptors (Lipinski definition) is 9. The predicted molar refractivity (Wildman–Crippen MR) is 121 cm³/mol. The van der Waals surface area contributed by atoms with Gasteiger partial charge in [-0.05, 0) is 42.7 Å². The fraction of sp³-hybridized carbons (Fsp3) is 0.364. The maximum Gasteiger partial charge on any atom is 0.259 e. The van der Waals surface area contributed by atoms with E-state index in [1.54, 1.807) is 18.4 Å². The van der Waals surface area contributed by atoms with Crippen molar-refractivity contribution in [3.05, 3.63) is 48.2 Å². The quantitative estimate of drug-likeness (QED) is 0.394. The van der Waals surface area contributed by atoms with Crippen molar-refractivity contribution in [1.29, 1.82) is 0 Å². The number of nitrogen functional groups attached to an aromatic ring is 1. The van der Waals surface area contributed by atoms with Gasteiger partial charge in [-0.3, -0.25) is 4.90 Å². The second-order valence-corrected chi connectivity index (χ2v) is 7.89. The van der Waals surface area contributed by atoms with Crippen molar-refractivity contribution in [1.82, 2.24) is 29.5 Å². The van der Waals surface area contributed by atoms with Crippen molar-refractivity contribution in [2.75, 3.05) is 43.8 Å². The van der Waals surface area contributed by atoms with Gasteiger partial charge in [0, 0.05) is 26.2 Å². The van der Waals surface area contributed by atoms with Crippen LogP contribution in [0.1, 0.15) is 12.0 Å². The molecule has 0 spiro atoms. The smallest absolute Gasteiger partial charge is 0.259 e. The number of aromatic nitrogens is 5. The highest BCUT2D eigenvalue weighted by atomic mass is 19.1. The van der Waals surface area contributed by atoms with Crippen LogP contribution in [0.5, 0.6) is 5.75 Å². The molecule has 5 rings (SSSR count). The molecule has 0 radical (unpaired) electrons. The lowest BCUT2D eigenvalue weighted by molar-refractivity contribution is 0.224. The van der Waals surface area contributed by atoms with E-state index in [1.807, 2.05) is 24.3 Å². The monoisotopic (exact) mass is 452 g/mol. The molecule has 1 atom stereocenters. The Kier molecular flexibility index (Phi) is 6.03. The van der Waals surface area contributed by atoms with Gasteiger partial charge in [0.2, 0.25) is 17.7 Å². The summed E-state index contributed by atoms with van der Waals surface area (Å²) in [6, 6.07) is 11.5. The molecule has 3 aromatic heterocycles. The number of benzene rings is 1. The van der Waals surface area contributed by atoms with Crippen LogP contribution in [-0.2, 0) is 6.42 Å². The molecule has 1 aromatic carbocycles. The van der Waals surface area contributed by atoms with Gasteiger partial charge in [0.1, 0.15) is 18.5 Å². The summed E-state index contributed by atoms with van der Waals surface area (Å²) in [5.74, 6) is 2.65. The molecule has 1 fully saturated rings. The van der Waals surface area contributed by atoms with Crippen LogP contribution >= 0.6 is 0 Å². The number of likely N-dealkylation sites (tertiary alicyclic amines) is 1. The standard InChI is InChI=1S/C22H25FN8O2/c23-16-8-10-30(14-16)11-13-32-17-5-3-15(4-6-17)7-9-25-21-27-20(24)31-22(28-21)26-19(29-31)18-2-1-12-33-18/h1-6,12,16H,7-11,13-14H2,(H3,24,25,26,27,28,29)/t16-/m0/s1. The topological polar surface area (TPSA) is 120 Å². The summed E-state index contributed by atoms with van der Waals surface area (Å²) in [5.41, 5.74) is 7.16. The van der Waals surface area contributed by atoms with E-state index in [9.17, 15) is 4.39 Å². The van der Waals surface area contributed by atoms with Gasteiger partial charge in [0.25, 0.3) is 5.78 Å². The highest BCUT2D eigenvalue weighted by Crippen LogP contribution is 2.18. The highest BCUT2D eigenvalue weighted by molar-refractivity contribution is 5.52. The minimum absolute atomic E-state index is 0.185. The van der Waals surface area contributed by atoms with Gasteiger partial charge in [-0.15, -0.1) is 5.10 Å². The molecule has 0 bridgehead atoms. The third-order valence-electron chi connectivity index (χ3n) is 5.49. The Labute approximate surface area is 189 Å². The first-order valence-corrected chi connectivity index (χ1v) is 10.9. The Hall–Kier alpha value is -3.73. The largest absolute Gasteiger partial charge is 0.492 e. The van der Waals surface area contributed by atoms with Crippen molar-refractivity contribution >= 4 is 17.7 Å². The van der Waals surface area contributed by atoms with Gasteiger partial charge in [-0.1, -0.05) is 12.1 Å². The van der Waals surface area contributed by atoms with Crippen LogP contribution in [0.25, 0.3) is 17.4 Å². The number of nitrogens with zero attached hydrogens (tertiary/aromatic N) is 6. The van der Waals surface area contributed by atoms with Crippen molar-refractivity contribution in [3.8, 4) is 17.3 Å². The van der Waals surface area contributed by atoms with Gasteiger partial charge >= 0.3 is 0 Å². The van der Waals surface area contributed by atoms with E-state index >= 15 is 0 Å². The molecule has 10 nitrogen and oxygen atoms in total. The van der Waals surface area contributed by atoms with Crippen LogP contribution in [0.3, 0.4) is 0 Å². The number of rotatable bonds is 9. The maximum atomic E-state index is 13.2. The van der Waals surface area contributed by atoms with Crippen LogP contribution in [0.15, 0.2) is 47.1 Å². The van der Waals surface area contributed by atoms with Crippen LogP contribution in [-0.4, -0.2) is 68.4 Å². The first kappa shape index (κ1) is 21.1. The van der Waals surface area contributed by atoms with Crippen molar-refractivity contribution < 1.29 is 13.5 Å². The minimum Gasteiger partial charge on any atom is -0.492 e. The average Bonchev–Trinajstić information content (AvgIpc) is 3.56. The summed E-state index contributed by atoms with van der Waals surface area (Å²) in [4.78, 5) is 15.1. The molecule has 3 N–H and O–H groups in total. The number of alkyl halides is 1. The zero-order chi connectivity index (χ0) is 22.6. The maximum absolute atomic E-state index is 13.2. The van der Waals surface area contributed by atoms with E-state index in [4.69, 9.17) is 14.9 Å². The Morgan fingerprint density at radius 3 is 2.82 bits per heavy atom. The van der Waals surface area contributed by atoms with Crippen LogP contribution in [0.2, 0.25) is 0 Å². The Morgan fingerprint density at radius 1 is 1.18 bits per heavy atom. The van der Waals surface area contributed by atoms with Gasteiger partial charge in [-0.25, -0.2) is 4.39 Å². The number of furan rings is 1. The number of ether oxygens (including phenoxy) is 1. The fourth-order valence-corrected chi connectivity index (χ4v) is 3.75. The molecule has 1 aliphatic rings. The van der Waals surface area contributed by atoms with E-state index in [-0.39, 0.29) is 5.95 Å². The Balaban J connectivity index is 1.12. The van der Waals surface area contributed by atoms with E-state index in [0.29, 0.717) is 49.4 Å². The van der Waals surface area contributed by atoms with E-state index in [1.165, 1.54) is 4.52 Å². The number of hydrogen-bond donors (Lipinski definition) is 2. The first-order valence-electron chi connectivity index (χ1n) is 10.9. The lowest BCUT2D eigenvalue weighted by Crippen LogP contribution is -2.26. The third kappa shape index (κ3) is 5.03. The number of fused-ring (bicyclic) bond motifs is 1. The lowest BCUT2D eigenvalue weighted by atomic mass is 10.1. The Morgan fingerprint density at radius 2 is 2.06 bits per heavy atom. The molecule has 11 heteroatoms. The second kappa shape index (κ2) is 9.41. The molecule has 0 unspecified atom stereocenters. The van der Waals surface area contributed by atoms with Gasteiger partial charge < -0.3 is 20.2 Å². The molecular weight excluding hydrogens is 427 g/mol. The zero-order valence-electron chi connectivity index (χ0n) is 18.0. The summed E-state index contributed by atoms with van der Waals surface area (Å²) < 4.78 is 25.7. The van der Waals surface area contributed by atoms with Gasteiger partial charge in [-0.2, -0.15) is 19.5 Å². The van der Waals surface area contributed by atoms with Crippen LogP contribution < -0.4 is 15.8 Å². The zero-order valence-corrected chi connectivity index (χ0v) is 18.0. The van der Waals surface area contributed by atoms with Crippen molar-refractivity contribution in [3.63, 3.8) is 0 Å². The molecule has 0 amide bonds. The molecule has 33 heavy (non-hydrogen) atoms. The van der Waals surface area contributed by atoms with E-state index in [0.717, 1.165) is 30.8 Å². The molecule has 4 aromatic rings. The summed E-state index contributed by atoms with van der Waals surface area (Å²) in [6.45, 7) is 3.24. The summed E-state index contributed by atoms with van der Waals surface area (Å²) in [7, 11) is 0. The Bertz CT molecular complexity index is 1200. The molecule has 172 valence electrons. The highest BCUT2D eigenvalue weighted by Gasteiger charge is 2.21. The fourth-order valence-electron chi connectivity index (χ4n) is 3.75. The minimum atomic E-state index is -0.697. The van der Waals surface area contributed by atoms with Crippen LogP contribution in [0.4, 0.5) is 16.3 Å². The number of halogens is 1. The molecule has 0 aliphatic carbocycles. The average molecular weight is 452 g/mol. The second-order valence-electron chi connectivity index (χ2n) is 7.89. The lowest BCUT2D eigenvalue weighted by Gasteiger charge is -2.15. The third-order valence-corrected chi connectivity index (χ3v) is 5.49. The van der Waals surface area contributed by atoms with Crippen LogP contribution in [0, 0.1) is 0 Å². The molecule has 4 heterocycles. The van der Waals surface area contributed by atoms with E-state index < -0.39 is 6.17 Å². The van der Waals surface area contributed by atoms with Gasteiger partial charge in [0.15, 0.2) is 5.76 Å². The summed E-state index contributed by atoms with van der Waals surface area (Å²) in [5, 5.41) is 7.46. The number of anilines is 2. The molecule has 0 saturated carbocycles. The molecule has 1 aliphatic heterocycles. The van der Waals surface area contributed by atoms with Crippen molar-refractivity contribution in [2.24, 2.45) is 0 Å². The summed E-state index contributed by atoms with van der Waals surface area (Å²) >= 11 is 0. The summed E-state index contributed by atoms with van der Waals surface area (Å²) in [6.07, 6.45) is 2.25. The molecule has 1 saturated heterocycles. The number of nitrogens with two attached hydrogens (primary N) is 1. The predicted octanol–water partition coefficient (Wildman–Crippen LogP) is 2.44. The molecular formula is C22H25FN8O2. The normalized spacial score (nSPS) is 16.5. The first-order chi connectivity index (χ1) is 16.1. The SMILES string of the molecule is Nc1nc(NCCc2ccc(OCCN3CC[C@H](F)C3)cc2)nc2nc(-c3ccco3)nn12. The van der Waals surface area contributed by atoms with Crippen molar-refractivity contribution in [2.45, 2.75) is 19.0 Å².